The number of hydrogen-bond acceptors (Lipinski definition) is 4. The third-order valence-corrected chi connectivity index (χ3v) is 4.38. The fraction of sp³-hybridized carbons (Fsp3) is 0.733. The molecule has 2 heterocycles. The van der Waals surface area contributed by atoms with Crippen LogP contribution >= 0.6 is 0 Å². The molecule has 104 valence electrons. The minimum Gasteiger partial charge on any atom is -0.352 e. The first-order valence-corrected chi connectivity index (χ1v) is 7.51. The summed E-state index contributed by atoms with van der Waals surface area (Å²) >= 11 is 0. The highest BCUT2D eigenvalue weighted by molar-refractivity contribution is 5.40. The number of anilines is 1. The predicted octanol–water partition coefficient (Wildman–Crippen LogP) is 2.06. The zero-order valence-electron chi connectivity index (χ0n) is 12.0. The lowest BCUT2D eigenvalue weighted by Crippen LogP contribution is -2.37. The number of piperidine rings is 1. The van der Waals surface area contributed by atoms with Crippen LogP contribution in [0.15, 0.2) is 6.20 Å². The molecule has 1 aliphatic heterocycles. The first-order valence-electron chi connectivity index (χ1n) is 7.51. The van der Waals surface area contributed by atoms with Crippen LogP contribution in [0, 0.1) is 19.8 Å². The molecule has 19 heavy (non-hydrogen) atoms. The molecule has 1 N–H and O–H groups in total. The first kappa shape index (κ1) is 12.9. The van der Waals surface area contributed by atoms with Gasteiger partial charge in [-0.25, -0.2) is 4.98 Å². The molecule has 0 atom stereocenters. The Kier molecular flexibility index (Phi) is 3.69. The molecule has 1 aromatic heterocycles. The highest BCUT2D eigenvalue weighted by Crippen LogP contribution is 2.32. The highest BCUT2D eigenvalue weighted by atomic mass is 15.2. The summed E-state index contributed by atoms with van der Waals surface area (Å²) < 4.78 is 0. The summed E-state index contributed by atoms with van der Waals surface area (Å²) in [5.74, 6) is 1.90. The molecule has 0 radical (unpaired) electrons. The number of nitrogens with zero attached hydrogens (tertiary/aromatic N) is 3. The molecule has 2 fully saturated rings. The van der Waals surface area contributed by atoms with E-state index in [4.69, 9.17) is 4.98 Å². The monoisotopic (exact) mass is 260 g/mol. The highest BCUT2D eigenvalue weighted by Gasteiger charge is 2.32. The van der Waals surface area contributed by atoms with Crippen LogP contribution in [-0.4, -0.2) is 35.6 Å². The average molecular weight is 260 g/mol. The van der Waals surface area contributed by atoms with Gasteiger partial charge in [0.15, 0.2) is 0 Å². The van der Waals surface area contributed by atoms with Gasteiger partial charge in [-0.1, -0.05) is 0 Å². The Morgan fingerprint density at radius 1 is 1.16 bits per heavy atom. The molecule has 2 aliphatic rings. The molecular formula is C15H24N4. The zero-order chi connectivity index (χ0) is 13.2. The van der Waals surface area contributed by atoms with E-state index in [0.29, 0.717) is 6.04 Å². The SMILES string of the molecule is Cc1ncc(N(CC2CCNCC2)C2CC2)nc1C. The van der Waals surface area contributed by atoms with Crippen LogP contribution in [0.5, 0.6) is 0 Å². The summed E-state index contributed by atoms with van der Waals surface area (Å²) in [6.07, 6.45) is 7.18. The minimum absolute atomic E-state index is 0.714. The van der Waals surface area contributed by atoms with E-state index < -0.39 is 0 Å². The largest absolute Gasteiger partial charge is 0.352 e. The van der Waals surface area contributed by atoms with E-state index >= 15 is 0 Å². The summed E-state index contributed by atoms with van der Waals surface area (Å²) in [6.45, 7) is 7.58. The van der Waals surface area contributed by atoms with Crippen LogP contribution < -0.4 is 10.2 Å². The first-order chi connectivity index (χ1) is 9.24. The van der Waals surface area contributed by atoms with Crippen LogP contribution in [0.25, 0.3) is 0 Å². The fourth-order valence-electron chi connectivity index (χ4n) is 2.83. The summed E-state index contributed by atoms with van der Waals surface area (Å²) in [4.78, 5) is 11.7. The normalized spacial score (nSPS) is 20.5. The summed E-state index contributed by atoms with van der Waals surface area (Å²) in [7, 11) is 0. The number of rotatable bonds is 4. The Hall–Kier alpha value is -1.16. The van der Waals surface area contributed by atoms with Gasteiger partial charge in [-0.15, -0.1) is 0 Å². The van der Waals surface area contributed by atoms with Gasteiger partial charge in [0, 0.05) is 12.6 Å². The van der Waals surface area contributed by atoms with E-state index in [0.717, 1.165) is 29.7 Å². The second kappa shape index (κ2) is 5.45. The predicted molar refractivity (Wildman–Crippen MR) is 77.5 cm³/mol. The van der Waals surface area contributed by atoms with Crippen molar-refractivity contribution in [2.75, 3.05) is 24.5 Å². The second-order valence-electron chi connectivity index (χ2n) is 5.98. The smallest absolute Gasteiger partial charge is 0.147 e. The van der Waals surface area contributed by atoms with E-state index in [1.807, 2.05) is 13.1 Å². The van der Waals surface area contributed by atoms with Gasteiger partial charge in [-0.3, -0.25) is 4.98 Å². The Labute approximate surface area is 115 Å². The molecule has 4 heteroatoms. The Morgan fingerprint density at radius 2 is 1.89 bits per heavy atom. The topological polar surface area (TPSA) is 41.1 Å². The lowest BCUT2D eigenvalue weighted by molar-refractivity contribution is 0.372. The van der Waals surface area contributed by atoms with E-state index in [9.17, 15) is 0 Å². The maximum atomic E-state index is 4.75. The van der Waals surface area contributed by atoms with E-state index in [1.54, 1.807) is 0 Å². The van der Waals surface area contributed by atoms with Crippen molar-refractivity contribution in [2.24, 2.45) is 5.92 Å². The standard InChI is InChI=1S/C15H24N4/c1-11-12(2)18-15(9-17-11)19(14-3-4-14)10-13-5-7-16-8-6-13/h9,13-14,16H,3-8,10H2,1-2H3. The van der Waals surface area contributed by atoms with Crippen LogP contribution in [0.3, 0.4) is 0 Å². The summed E-state index contributed by atoms with van der Waals surface area (Å²) in [6, 6.07) is 0.714. The lowest BCUT2D eigenvalue weighted by Gasteiger charge is -2.31. The van der Waals surface area contributed by atoms with Gasteiger partial charge in [-0.05, 0) is 58.5 Å². The number of aromatic nitrogens is 2. The second-order valence-corrected chi connectivity index (χ2v) is 5.98. The Morgan fingerprint density at radius 3 is 2.53 bits per heavy atom. The molecule has 0 spiro atoms. The van der Waals surface area contributed by atoms with Crippen LogP contribution in [0.2, 0.25) is 0 Å². The van der Waals surface area contributed by atoms with Gasteiger partial charge >= 0.3 is 0 Å². The van der Waals surface area contributed by atoms with Crippen LogP contribution in [0.1, 0.15) is 37.1 Å². The molecule has 1 saturated heterocycles. The molecule has 1 saturated carbocycles. The molecule has 0 amide bonds. The third-order valence-electron chi connectivity index (χ3n) is 4.38. The van der Waals surface area contributed by atoms with E-state index in [-0.39, 0.29) is 0 Å². The molecule has 1 aliphatic carbocycles. The van der Waals surface area contributed by atoms with Crippen molar-refractivity contribution < 1.29 is 0 Å². The van der Waals surface area contributed by atoms with Crippen molar-refractivity contribution in [2.45, 2.75) is 45.6 Å². The summed E-state index contributed by atoms with van der Waals surface area (Å²) in [5, 5.41) is 3.44. The van der Waals surface area contributed by atoms with Crippen LogP contribution in [0.4, 0.5) is 5.82 Å². The zero-order valence-corrected chi connectivity index (χ0v) is 12.0. The third kappa shape index (κ3) is 3.06. The van der Waals surface area contributed by atoms with Gasteiger partial charge in [0.2, 0.25) is 0 Å². The van der Waals surface area contributed by atoms with Crippen molar-refractivity contribution in [1.82, 2.24) is 15.3 Å². The van der Waals surface area contributed by atoms with E-state index in [2.05, 4.69) is 22.1 Å². The molecule has 3 rings (SSSR count). The fourth-order valence-corrected chi connectivity index (χ4v) is 2.83. The van der Waals surface area contributed by atoms with Crippen molar-refractivity contribution in [3.8, 4) is 0 Å². The van der Waals surface area contributed by atoms with Crippen molar-refractivity contribution in [3.63, 3.8) is 0 Å². The minimum atomic E-state index is 0.714. The van der Waals surface area contributed by atoms with Crippen molar-refractivity contribution in [3.05, 3.63) is 17.6 Å². The molecule has 0 bridgehead atoms. The molecular weight excluding hydrogens is 236 g/mol. The van der Waals surface area contributed by atoms with Crippen molar-refractivity contribution >= 4 is 5.82 Å². The number of nitrogens with one attached hydrogen (secondary N) is 1. The number of hydrogen-bond donors (Lipinski definition) is 1. The van der Waals surface area contributed by atoms with Crippen molar-refractivity contribution in [1.29, 1.82) is 0 Å². The molecule has 0 aromatic carbocycles. The molecule has 1 aromatic rings. The van der Waals surface area contributed by atoms with E-state index in [1.165, 1.54) is 38.8 Å². The average Bonchev–Trinajstić information content (AvgIpc) is 3.25. The maximum absolute atomic E-state index is 4.75. The van der Waals surface area contributed by atoms with Gasteiger partial charge in [0.1, 0.15) is 5.82 Å². The maximum Gasteiger partial charge on any atom is 0.147 e. The van der Waals surface area contributed by atoms with Gasteiger partial charge in [-0.2, -0.15) is 0 Å². The molecule has 4 nitrogen and oxygen atoms in total. The Bertz CT molecular complexity index is 436. The quantitative estimate of drug-likeness (QED) is 0.899. The lowest BCUT2D eigenvalue weighted by atomic mass is 9.97. The van der Waals surface area contributed by atoms with Gasteiger partial charge in [0.25, 0.3) is 0 Å². The summed E-state index contributed by atoms with van der Waals surface area (Å²) in [5.41, 5.74) is 2.11. The van der Waals surface area contributed by atoms with Gasteiger partial charge in [0.05, 0.1) is 17.6 Å². The Balaban J connectivity index is 1.74. The van der Waals surface area contributed by atoms with Gasteiger partial charge < -0.3 is 10.2 Å². The number of aryl methyl sites for hydroxylation is 2. The molecule has 0 unspecified atom stereocenters. The van der Waals surface area contributed by atoms with Crippen LogP contribution in [-0.2, 0) is 0 Å².